The molecule has 0 aliphatic carbocycles. The van der Waals surface area contributed by atoms with Crippen molar-refractivity contribution in [1.82, 2.24) is 4.31 Å². The molecule has 0 amide bonds. The Morgan fingerprint density at radius 1 is 1.12 bits per heavy atom. The lowest BCUT2D eigenvalue weighted by Crippen LogP contribution is -2.29. The summed E-state index contributed by atoms with van der Waals surface area (Å²) in [6.07, 6.45) is 1.45. The molecule has 0 heterocycles. The molecule has 0 saturated heterocycles. The predicted octanol–water partition coefficient (Wildman–Crippen LogP) is 3.44. The van der Waals surface area contributed by atoms with Gasteiger partial charge in [-0.05, 0) is 70.7 Å². The molecule has 0 aliphatic heterocycles. The third-order valence-corrected chi connectivity index (χ3v) is 6.02. The van der Waals surface area contributed by atoms with Gasteiger partial charge in [-0.2, -0.15) is 0 Å². The van der Waals surface area contributed by atoms with Crippen molar-refractivity contribution in [3.63, 3.8) is 0 Å². The van der Waals surface area contributed by atoms with Gasteiger partial charge < -0.3 is 9.47 Å². The highest BCUT2D eigenvalue weighted by Gasteiger charge is 2.25. The Kier molecular flexibility index (Phi) is 7.65. The van der Waals surface area contributed by atoms with Crippen LogP contribution in [0.4, 0.5) is 0 Å². The van der Waals surface area contributed by atoms with E-state index in [9.17, 15) is 13.2 Å². The molecule has 0 N–H and O–H groups in total. The second kappa shape index (κ2) is 8.86. The van der Waals surface area contributed by atoms with E-state index in [1.54, 1.807) is 40.1 Å². The highest BCUT2D eigenvalue weighted by molar-refractivity contribution is 7.89. The summed E-state index contributed by atoms with van der Waals surface area (Å²) in [6.45, 7) is 9.34. The Bertz CT molecular complexity index is 712. The quantitative estimate of drug-likeness (QED) is 0.506. The van der Waals surface area contributed by atoms with Crippen molar-refractivity contribution in [3.05, 3.63) is 23.3 Å². The molecule has 0 atom stereocenters. The normalized spacial score (nSPS) is 12.3. The van der Waals surface area contributed by atoms with Gasteiger partial charge in [0.2, 0.25) is 10.0 Å². The number of esters is 1. The van der Waals surface area contributed by atoms with Crippen LogP contribution in [-0.4, -0.2) is 45.0 Å². The van der Waals surface area contributed by atoms with Gasteiger partial charge in [0.05, 0.1) is 12.0 Å². The summed E-state index contributed by atoms with van der Waals surface area (Å²) in [6, 6.07) is 3.44. The molecule has 1 aromatic carbocycles. The zero-order chi connectivity index (χ0) is 20.1. The number of ether oxygens (including phenoxy) is 2. The molecule has 0 saturated carbocycles. The first-order chi connectivity index (χ1) is 11.9. The Morgan fingerprint density at radius 2 is 1.65 bits per heavy atom. The Labute approximate surface area is 157 Å². The van der Waals surface area contributed by atoms with Crippen LogP contribution in [0.3, 0.4) is 0 Å². The summed E-state index contributed by atoms with van der Waals surface area (Å²) in [7, 11) is -0.477. The summed E-state index contributed by atoms with van der Waals surface area (Å²) >= 11 is 0. The summed E-state index contributed by atoms with van der Waals surface area (Å²) in [5, 5.41) is 0. The van der Waals surface area contributed by atoms with Crippen LogP contribution in [-0.2, 0) is 19.6 Å². The lowest BCUT2D eigenvalue weighted by atomic mass is 10.1. The molecule has 26 heavy (non-hydrogen) atoms. The average Bonchev–Trinajstić information content (AvgIpc) is 2.48. The second-order valence-corrected chi connectivity index (χ2v) is 9.44. The molecule has 0 radical (unpaired) electrons. The molecule has 6 nitrogen and oxygen atoms in total. The van der Waals surface area contributed by atoms with Crippen LogP contribution in [0.5, 0.6) is 5.75 Å². The van der Waals surface area contributed by atoms with E-state index in [2.05, 4.69) is 0 Å². The van der Waals surface area contributed by atoms with E-state index in [4.69, 9.17) is 9.47 Å². The van der Waals surface area contributed by atoms with Crippen LogP contribution in [0.25, 0.3) is 0 Å². The number of unbranched alkanes of at least 4 members (excludes halogenated alkanes) is 1. The Balaban J connectivity index is 2.70. The van der Waals surface area contributed by atoms with Crippen molar-refractivity contribution < 1.29 is 22.7 Å². The minimum atomic E-state index is -3.59. The molecular formula is C19H31NO5S. The van der Waals surface area contributed by atoms with E-state index < -0.39 is 15.6 Å². The van der Waals surface area contributed by atoms with Gasteiger partial charge in [0.25, 0.3) is 0 Å². The predicted molar refractivity (Wildman–Crippen MR) is 102 cm³/mol. The van der Waals surface area contributed by atoms with Crippen molar-refractivity contribution in [2.24, 2.45) is 0 Å². The number of rotatable bonds is 8. The molecule has 0 unspecified atom stereocenters. The molecule has 7 heteroatoms. The molecule has 1 rings (SSSR count). The van der Waals surface area contributed by atoms with Crippen LogP contribution in [0, 0.1) is 13.8 Å². The van der Waals surface area contributed by atoms with Crippen LogP contribution in [0.2, 0.25) is 0 Å². The van der Waals surface area contributed by atoms with E-state index >= 15 is 0 Å². The third-order valence-electron chi connectivity index (χ3n) is 3.86. The number of sulfonamides is 1. The SMILES string of the molecule is COc1cc(C)c(S(=O)(=O)N(C)CCCCC(=O)OC(C)(C)C)c(C)c1. The number of aryl methyl sites for hydroxylation is 2. The fraction of sp³-hybridized carbons (Fsp3) is 0.632. The average molecular weight is 386 g/mol. The van der Waals surface area contributed by atoms with Gasteiger partial charge in [-0.3, -0.25) is 4.79 Å². The maximum absolute atomic E-state index is 12.9. The molecule has 0 fully saturated rings. The fourth-order valence-electron chi connectivity index (χ4n) is 2.71. The molecule has 0 bridgehead atoms. The van der Waals surface area contributed by atoms with E-state index in [1.807, 2.05) is 20.8 Å². The zero-order valence-electron chi connectivity index (χ0n) is 16.9. The molecule has 0 spiro atoms. The van der Waals surface area contributed by atoms with E-state index in [0.717, 1.165) is 0 Å². The molecule has 1 aromatic rings. The highest BCUT2D eigenvalue weighted by Crippen LogP contribution is 2.27. The van der Waals surface area contributed by atoms with Gasteiger partial charge in [-0.1, -0.05) is 0 Å². The maximum Gasteiger partial charge on any atom is 0.306 e. The fourth-order valence-corrected chi connectivity index (χ4v) is 4.32. The summed E-state index contributed by atoms with van der Waals surface area (Å²) in [5.74, 6) is 0.379. The largest absolute Gasteiger partial charge is 0.497 e. The number of carbonyl (C=O) groups is 1. The van der Waals surface area contributed by atoms with Gasteiger partial charge in [-0.15, -0.1) is 0 Å². The second-order valence-electron chi connectivity index (χ2n) is 7.46. The molecular weight excluding hydrogens is 354 g/mol. The molecule has 0 aromatic heterocycles. The minimum absolute atomic E-state index is 0.259. The van der Waals surface area contributed by atoms with Crippen LogP contribution in [0.15, 0.2) is 17.0 Å². The molecule has 0 aliphatic rings. The van der Waals surface area contributed by atoms with Crippen LogP contribution >= 0.6 is 0 Å². The maximum atomic E-state index is 12.9. The highest BCUT2D eigenvalue weighted by atomic mass is 32.2. The first kappa shape index (κ1) is 22.4. The van der Waals surface area contributed by atoms with Crippen molar-refractivity contribution in [3.8, 4) is 5.75 Å². The first-order valence-electron chi connectivity index (χ1n) is 8.72. The smallest absolute Gasteiger partial charge is 0.306 e. The number of carbonyl (C=O) groups excluding carboxylic acids is 1. The summed E-state index contributed by atoms with van der Waals surface area (Å²) < 4.78 is 37.5. The van der Waals surface area contributed by atoms with Crippen LogP contribution < -0.4 is 4.74 Å². The van der Waals surface area contributed by atoms with Gasteiger partial charge in [0.15, 0.2) is 0 Å². The number of benzene rings is 1. The monoisotopic (exact) mass is 385 g/mol. The topological polar surface area (TPSA) is 72.9 Å². The van der Waals surface area contributed by atoms with Gasteiger partial charge in [0.1, 0.15) is 11.4 Å². The first-order valence-corrected chi connectivity index (χ1v) is 10.2. The van der Waals surface area contributed by atoms with E-state index in [-0.39, 0.29) is 12.4 Å². The van der Waals surface area contributed by atoms with Gasteiger partial charge in [0, 0.05) is 20.0 Å². The van der Waals surface area contributed by atoms with Crippen molar-refractivity contribution in [2.75, 3.05) is 20.7 Å². The summed E-state index contributed by atoms with van der Waals surface area (Å²) in [5.41, 5.74) is 0.811. The van der Waals surface area contributed by atoms with Crippen molar-refractivity contribution >= 4 is 16.0 Å². The zero-order valence-corrected chi connectivity index (χ0v) is 17.7. The lowest BCUT2D eigenvalue weighted by molar-refractivity contribution is -0.154. The lowest BCUT2D eigenvalue weighted by Gasteiger charge is -2.21. The Morgan fingerprint density at radius 3 is 2.12 bits per heavy atom. The van der Waals surface area contributed by atoms with Gasteiger partial charge >= 0.3 is 5.97 Å². The minimum Gasteiger partial charge on any atom is -0.497 e. The van der Waals surface area contributed by atoms with Crippen molar-refractivity contribution in [2.45, 2.75) is 64.4 Å². The van der Waals surface area contributed by atoms with E-state index in [0.29, 0.717) is 41.2 Å². The number of nitrogens with zero attached hydrogens (tertiary/aromatic N) is 1. The standard InChI is InChI=1S/C19H31NO5S/c1-14-12-16(24-7)13-15(2)18(14)26(22,23)20(6)11-9-8-10-17(21)25-19(3,4)5/h12-13H,8-11H2,1-7H3. The van der Waals surface area contributed by atoms with Crippen LogP contribution in [0.1, 0.15) is 51.2 Å². The molecule has 148 valence electrons. The Hall–Kier alpha value is -1.60. The number of hydrogen-bond acceptors (Lipinski definition) is 5. The number of hydrogen-bond donors (Lipinski definition) is 0. The van der Waals surface area contributed by atoms with E-state index in [1.165, 1.54) is 4.31 Å². The van der Waals surface area contributed by atoms with Gasteiger partial charge in [-0.25, -0.2) is 12.7 Å². The third kappa shape index (κ3) is 6.29. The summed E-state index contributed by atoms with van der Waals surface area (Å²) in [4.78, 5) is 12.0. The van der Waals surface area contributed by atoms with Crippen molar-refractivity contribution in [1.29, 1.82) is 0 Å². The number of methoxy groups -OCH3 is 1.